The third-order valence-corrected chi connectivity index (χ3v) is 6.00. The van der Waals surface area contributed by atoms with Crippen LogP contribution in [0.5, 0.6) is 11.6 Å². The number of rotatable bonds is 7. The summed E-state index contributed by atoms with van der Waals surface area (Å²) in [5.41, 5.74) is 3.07. The monoisotopic (exact) mass is 384 g/mol. The standard InChI is InChI=1S/C21H28N4OS/c1-5-25(4)14-23-18-12-16(3)19(13-15(18)2)26-20-10-11-22-21(24-20)27-17-8-6-7-9-17/h10-14,17H,5-9H2,1-4H3/b23-14+. The SMILES string of the molecule is CCN(C)/C=N/c1cc(C)c(Oc2ccnc(SC3CCCC3)n2)cc1C. The summed E-state index contributed by atoms with van der Waals surface area (Å²) >= 11 is 1.77. The largest absolute Gasteiger partial charge is 0.439 e. The van der Waals surface area contributed by atoms with Gasteiger partial charge in [0.05, 0.1) is 12.0 Å². The summed E-state index contributed by atoms with van der Waals surface area (Å²) < 4.78 is 6.07. The first-order chi connectivity index (χ1) is 13.0. The maximum Gasteiger partial charge on any atom is 0.223 e. The van der Waals surface area contributed by atoms with Crippen molar-refractivity contribution in [3.63, 3.8) is 0 Å². The van der Waals surface area contributed by atoms with E-state index in [9.17, 15) is 0 Å². The second-order valence-electron chi connectivity index (χ2n) is 7.03. The van der Waals surface area contributed by atoms with Gasteiger partial charge >= 0.3 is 0 Å². The van der Waals surface area contributed by atoms with Crippen molar-refractivity contribution in [2.45, 2.75) is 56.9 Å². The van der Waals surface area contributed by atoms with Crippen LogP contribution in [0.25, 0.3) is 0 Å². The van der Waals surface area contributed by atoms with Crippen LogP contribution in [0.15, 0.2) is 34.5 Å². The smallest absolute Gasteiger partial charge is 0.223 e. The number of hydrogen-bond donors (Lipinski definition) is 0. The van der Waals surface area contributed by atoms with Crippen LogP contribution < -0.4 is 4.74 Å². The van der Waals surface area contributed by atoms with Gasteiger partial charge in [-0.3, -0.25) is 0 Å². The number of thioether (sulfide) groups is 1. The van der Waals surface area contributed by atoms with Crippen molar-refractivity contribution in [2.24, 2.45) is 4.99 Å². The molecule has 0 bridgehead atoms. The van der Waals surface area contributed by atoms with Gasteiger partial charge in [-0.05, 0) is 56.9 Å². The number of benzene rings is 1. The van der Waals surface area contributed by atoms with Gasteiger partial charge in [-0.1, -0.05) is 24.6 Å². The van der Waals surface area contributed by atoms with Gasteiger partial charge in [0.25, 0.3) is 0 Å². The van der Waals surface area contributed by atoms with E-state index < -0.39 is 0 Å². The number of hydrogen-bond acceptors (Lipinski definition) is 5. The lowest BCUT2D eigenvalue weighted by Crippen LogP contribution is -2.14. The maximum atomic E-state index is 6.07. The van der Waals surface area contributed by atoms with Gasteiger partial charge in [-0.2, -0.15) is 4.98 Å². The first-order valence-corrected chi connectivity index (χ1v) is 10.5. The number of aryl methyl sites for hydroxylation is 2. The fourth-order valence-corrected chi connectivity index (χ4v) is 4.10. The summed E-state index contributed by atoms with van der Waals surface area (Å²) in [6, 6.07) is 5.90. The maximum absolute atomic E-state index is 6.07. The van der Waals surface area contributed by atoms with Gasteiger partial charge in [0, 0.05) is 31.1 Å². The molecule has 1 aliphatic rings. The van der Waals surface area contributed by atoms with Gasteiger partial charge in [0.1, 0.15) is 5.75 Å². The Morgan fingerprint density at radius 3 is 2.78 bits per heavy atom. The van der Waals surface area contributed by atoms with E-state index in [0.717, 1.165) is 34.3 Å². The first-order valence-electron chi connectivity index (χ1n) is 9.58. The number of aliphatic imine (C=N–C) groups is 1. The minimum atomic E-state index is 0.593. The van der Waals surface area contributed by atoms with Crippen molar-refractivity contribution < 1.29 is 4.74 Å². The van der Waals surface area contributed by atoms with E-state index in [1.807, 2.05) is 44.3 Å². The molecule has 1 saturated carbocycles. The van der Waals surface area contributed by atoms with Crippen LogP contribution in [-0.2, 0) is 0 Å². The second-order valence-corrected chi connectivity index (χ2v) is 8.29. The van der Waals surface area contributed by atoms with E-state index in [4.69, 9.17) is 4.74 Å². The molecule has 1 aromatic heterocycles. The molecule has 27 heavy (non-hydrogen) atoms. The highest BCUT2D eigenvalue weighted by molar-refractivity contribution is 7.99. The minimum Gasteiger partial charge on any atom is -0.439 e. The Kier molecular flexibility index (Phi) is 6.72. The number of nitrogens with zero attached hydrogens (tertiary/aromatic N) is 4. The summed E-state index contributed by atoms with van der Waals surface area (Å²) in [5, 5.41) is 1.44. The van der Waals surface area contributed by atoms with Crippen molar-refractivity contribution >= 4 is 23.8 Å². The van der Waals surface area contributed by atoms with Crippen molar-refractivity contribution in [3.8, 4) is 11.6 Å². The zero-order valence-electron chi connectivity index (χ0n) is 16.6. The molecule has 5 nitrogen and oxygen atoms in total. The van der Waals surface area contributed by atoms with E-state index in [-0.39, 0.29) is 0 Å². The molecule has 0 amide bonds. The van der Waals surface area contributed by atoms with Crippen LogP contribution >= 0.6 is 11.8 Å². The van der Waals surface area contributed by atoms with Crippen molar-refractivity contribution in [3.05, 3.63) is 35.5 Å². The van der Waals surface area contributed by atoms with Crippen LogP contribution in [0, 0.1) is 13.8 Å². The van der Waals surface area contributed by atoms with E-state index in [2.05, 4.69) is 28.0 Å². The lowest BCUT2D eigenvalue weighted by Gasteiger charge is -2.13. The lowest BCUT2D eigenvalue weighted by molar-refractivity contribution is 0.452. The van der Waals surface area contributed by atoms with Crippen molar-refractivity contribution in [1.82, 2.24) is 14.9 Å². The Bertz CT molecular complexity index is 803. The molecule has 0 aliphatic heterocycles. The summed E-state index contributed by atoms with van der Waals surface area (Å²) in [7, 11) is 2.01. The Morgan fingerprint density at radius 2 is 2.04 bits per heavy atom. The van der Waals surface area contributed by atoms with Gasteiger partial charge in [0.15, 0.2) is 5.16 Å². The van der Waals surface area contributed by atoms with E-state index in [1.165, 1.54) is 25.7 Å². The van der Waals surface area contributed by atoms with E-state index in [0.29, 0.717) is 11.1 Å². The molecule has 1 aliphatic carbocycles. The van der Waals surface area contributed by atoms with Crippen molar-refractivity contribution in [2.75, 3.05) is 13.6 Å². The molecule has 0 radical (unpaired) electrons. The van der Waals surface area contributed by atoms with Crippen molar-refractivity contribution in [1.29, 1.82) is 0 Å². The Hall–Kier alpha value is -2.08. The highest BCUT2D eigenvalue weighted by Crippen LogP contribution is 2.34. The predicted octanol–water partition coefficient (Wildman–Crippen LogP) is 5.53. The normalized spacial score (nSPS) is 14.8. The van der Waals surface area contributed by atoms with Gasteiger partial charge in [-0.15, -0.1) is 0 Å². The molecule has 1 heterocycles. The van der Waals surface area contributed by atoms with Gasteiger partial charge < -0.3 is 9.64 Å². The van der Waals surface area contributed by atoms with Crippen LogP contribution in [0.1, 0.15) is 43.7 Å². The molecule has 0 spiro atoms. The fraction of sp³-hybridized carbons (Fsp3) is 0.476. The highest BCUT2D eigenvalue weighted by atomic mass is 32.2. The quantitative estimate of drug-likeness (QED) is 0.357. The molecule has 144 valence electrons. The zero-order valence-corrected chi connectivity index (χ0v) is 17.4. The van der Waals surface area contributed by atoms with Crippen LogP contribution in [0.2, 0.25) is 0 Å². The average molecular weight is 385 g/mol. The minimum absolute atomic E-state index is 0.593. The first kappa shape index (κ1) is 19.7. The molecule has 0 saturated heterocycles. The lowest BCUT2D eigenvalue weighted by atomic mass is 10.1. The Balaban J connectivity index is 1.73. The van der Waals surface area contributed by atoms with Crippen LogP contribution in [-0.4, -0.2) is 40.0 Å². The highest BCUT2D eigenvalue weighted by Gasteiger charge is 2.18. The zero-order chi connectivity index (χ0) is 19.2. The van der Waals surface area contributed by atoms with Gasteiger partial charge in [0.2, 0.25) is 5.88 Å². The third-order valence-electron chi connectivity index (χ3n) is 4.78. The molecule has 0 atom stereocenters. The summed E-state index contributed by atoms with van der Waals surface area (Å²) in [6.45, 7) is 7.11. The molecule has 0 unspecified atom stereocenters. The molecular formula is C21H28N4OS. The molecule has 6 heteroatoms. The molecule has 1 aromatic carbocycles. The Labute approximate surface area is 166 Å². The van der Waals surface area contributed by atoms with Crippen LogP contribution in [0.4, 0.5) is 5.69 Å². The molecule has 0 N–H and O–H groups in total. The number of ether oxygens (including phenoxy) is 1. The second kappa shape index (κ2) is 9.22. The van der Waals surface area contributed by atoms with E-state index in [1.54, 1.807) is 18.0 Å². The Morgan fingerprint density at radius 1 is 1.26 bits per heavy atom. The topological polar surface area (TPSA) is 50.6 Å². The molecule has 1 fully saturated rings. The molecule has 3 rings (SSSR count). The molecule has 2 aromatic rings. The van der Waals surface area contributed by atoms with Gasteiger partial charge in [-0.25, -0.2) is 9.98 Å². The van der Waals surface area contributed by atoms with E-state index >= 15 is 0 Å². The summed E-state index contributed by atoms with van der Waals surface area (Å²) in [5.74, 6) is 1.40. The fourth-order valence-electron chi connectivity index (χ4n) is 2.97. The summed E-state index contributed by atoms with van der Waals surface area (Å²) in [4.78, 5) is 15.6. The average Bonchev–Trinajstić information content (AvgIpc) is 3.16. The number of aromatic nitrogens is 2. The summed E-state index contributed by atoms with van der Waals surface area (Å²) in [6.07, 6.45) is 8.78. The van der Waals surface area contributed by atoms with Crippen LogP contribution in [0.3, 0.4) is 0 Å². The molecular weight excluding hydrogens is 356 g/mol. The third kappa shape index (κ3) is 5.45. The predicted molar refractivity (Wildman–Crippen MR) is 113 cm³/mol.